The monoisotopic (exact) mass is 255 g/mol. The topological polar surface area (TPSA) is 75.4 Å². The molecule has 0 bridgehead atoms. The molecule has 2 unspecified atom stereocenters. The van der Waals surface area contributed by atoms with Crippen LogP contribution in [0.15, 0.2) is 0 Å². The van der Waals surface area contributed by atoms with Crippen LogP contribution in [0, 0.1) is 0 Å². The van der Waals surface area contributed by atoms with Crippen LogP contribution in [0.4, 0.5) is 0 Å². The van der Waals surface area contributed by atoms with Gasteiger partial charge in [0.25, 0.3) is 0 Å². The van der Waals surface area contributed by atoms with Gasteiger partial charge in [0, 0.05) is 26.1 Å². The molecule has 1 saturated heterocycles. The number of likely N-dealkylation sites (tertiary alicyclic amines) is 1. The normalized spacial score (nSPS) is 23.3. The third kappa shape index (κ3) is 3.98. The van der Waals surface area contributed by atoms with Crippen molar-refractivity contribution >= 4 is 11.8 Å². The van der Waals surface area contributed by atoms with Gasteiger partial charge in [-0.05, 0) is 26.2 Å². The molecule has 18 heavy (non-hydrogen) atoms. The zero-order chi connectivity index (χ0) is 13.8. The molecule has 3 N–H and O–H groups in total. The van der Waals surface area contributed by atoms with Crippen molar-refractivity contribution in [2.45, 2.75) is 58.0 Å². The predicted octanol–water partition coefficient (Wildman–Crippen LogP) is 0.631. The summed E-state index contributed by atoms with van der Waals surface area (Å²) in [5, 5.41) is 2.88. The summed E-state index contributed by atoms with van der Waals surface area (Å²) in [5.41, 5.74) is 5.28. The molecule has 2 amide bonds. The maximum atomic E-state index is 12.3. The van der Waals surface area contributed by atoms with E-state index in [0.717, 1.165) is 25.8 Å². The quantitative estimate of drug-likeness (QED) is 0.773. The summed E-state index contributed by atoms with van der Waals surface area (Å²) in [7, 11) is 0. The number of amides is 2. The maximum Gasteiger partial charge on any atom is 0.242 e. The predicted molar refractivity (Wildman–Crippen MR) is 70.9 cm³/mol. The Morgan fingerprint density at radius 2 is 2.17 bits per heavy atom. The number of carbonyl (C=O) groups is 2. The Labute approximate surface area is 109 Å². The molecule has 0 aromatic carbocycles. The van der Waals surface area contributed by atoms with Gasteiger partial charge in [0.15, 0.2) is 0 Å². The Morgan fingerprint density at radius 1 is 1.50 bits per heavy atom. The molecular formula is C13H25N3O2. The Balaban J connectivity index is 2.60. The van der Waals surface area contributed by atoms with E-state index < -0.39 is 5.54 Å². The van der Waals surface area contributed by atoms with Crippen LogP contribution >= 0.6 is 0 Å². The molecule has 0 aliphatic carbocycles. The number of piperidine rings is 1. The van der Waals surface area contributed by atoms with Gasteiger partial charge in [-0.25, -0.2) is 0 Å². The smallest absolute Gasteiger partial charge is 0.242 e. The van der Waals surface area contributed by atoms with Crippen molar-refractivity contribution in [1.82, 2.24) is 10.2 Å². The fraction of sp³-hybridized carbons (Fsp3) is 0.846. The van der Waals surface area contributed by atoms with Crippen molar-refractivity contribution in [3.8, 4) is 0 Å². The molecule has 0 radical (unpaired) electrons. The third-order valence-electron chi connectivity index (χ3n) is 3.37. The molecule has 1 heterocycles. The van der Waals surface area contributed by atoms with Crippen LogP contribution in [-0.2, 0) is 9.59 Å². The largest absolute Gasteiger partial charge is 0.352 e. The number of nitrogens with one attached hydrogen (secondary N) is 1. The number of nitrogens with zero attached hydrogens (tertiary/aromatic N) is 1. The molecule has 1 fully saturated rings. The summed E-state index contributed by atoms with van der Waals surface area (Å²) >= 11 is 0. The molecular weight excluding hydrogens is 230 g/mol. The van der Waals surface area contributed by atoms with Crippen molar-refractivity contribution in [2.75, 3.05) is 13.1 Å². The fourth-order valence-electron chi connectivity index (χ4n) is 2.55. The summed E-state index contributed by atoms with van der Waals surface area (Å²) in [6.45, 7) is 6.64. The third-order valence-corrected chi connectivity index (χ3v) is 3.37. The second kappa shape index (κ2) is 6.18. The molecule has 0 aromatic heterocycles. The lowest BCUT2D eigenvalue weighted by atomic mass is 9.94. The number of carbonyl (C=O) groups excluding carboxylic acids is 2. The minimum Gasteiger partial charge on any atom is -0.352 e. The average Bonchev–Trinajstić information content (AvgIpc) is 2.27. The summed E-state index contributed by atoms with van der Waals surface area (Å²) in [4.78, 5) is 25.2. The van der Waals surface area contributed by atoms with Crippen LogP contribution in [0.25, 0.3) is 0 Å². The van der Waals surface area contributed by atoms with Crippen LogP contribution in [0.2, 0.25) is 0 Å². The van der Waals surface area contributed by atoms with Gasteiger partial charge in [0.1, 0.15) is 0 Å². The lowest BCUT2D eigenvalue weighted by Crippen LogP contribution is -2.58. The zero-order valence-corrected chi connectivity index (χ0v) is 11.7. The highest BCUT2D eigenvalue weighted by Gasteiger charge is 2.34. The first-order valence-corrected chi connectivity index (χ1v) is 6.72. The van der Waals surface area contributed by atoms with E-state index in [1.165, 1.54) is 6.92 Å². The van der Waals surface area contributed by atoms with Gasteiger partial charge < -0.3 is 16.0 Å². The minimum atomic E-state index is -0.785. The van der Waals surface area contributed by atoms with Gasteiger partial charge >= 0.3 is 0 Å². The average molecular weight is 255 g/mol. The van der Waals surface area contributed by atoms with Crippen LogP contribution in [-0.4, -0.2) is 41.4 Å². The Morgan fingerprint density at radius 3 is 2.72 bits per heavy atom. The first-order chi connectivity index (χ1) is 8.36. The minimum absolute atomic E-state index is 0.000554. The molecule has 2 atom stereocenters. The second-order valence-corrected chi connectivity index (χ2v) is 5.46. The van der Waals surface area contributed by atoms with Crippen molar-refractivity contribution in [2.24, 2.45) is 5.73 Å². The van der Waals surface area contributed by atoms with Crippen molar-refractivity contribution in [3.05, 3.63) is 0 Å². The van der Waals surface area contributed by atoms with Crippen LogP contribution in [0.5, 0.6) is 0 Å². The van der Waals surface area contributed by atoms with Crippen molar-refractivity contribution in [1.29, 1.82) is 0 Å². The SMILES string of the molecule is CCCC(C)(N)C(=O)N1CCCC(NC(C)=O)C1. The van der Waals surface area contributed by atoms with E-state index >= 15 is 0 Å². The number of hydrogen-bond donors (Lipinski definition) is 2. The number of hydrogen-bond acceptors (Lipinski definition) is 3. The van der Waals surface area contributed by atoms with Gasteiger partial charge in [-0.2, -0.15) is 0 Å². The van der Waals surface area contributed by atoms with E-state index in [2.05, 4.69) is 5.32 Å². The van der Waals surface area contributed by atoms with E-state index in [0.29, 0.717) is 13.0 Å². The molecule has 1 rings (SSSR count). The molecule has 0 saturated carbocycles. The first-order valence-electron chi connectivity index (χ1n) is 6.72. The van der Waals surface area contributed by atoms with Gasteiger partial charge in [0.2, 0.25) is 11.8 Å². The standard InChI is InChI=1S/C13H25N3O2/c1-4-7-13(3,14)12(18)16-8-5-6-11(9-16)15-10(2)17/h11H,4-9,14H2,1-3H3,(H,15,17). The van der Waals surface area contributed by atoms with Crippen molar-refractivity contribution in [3.63, 3.8) is 0 Å². The van der Waals surface area contributed by atoms with E-state index in [-0.39, 0.29) is 17.9 Å². The summed E-state index contributed by atoms with van der Waals surface area (Å²) in [6, 6.07) is 0.0672. The van der Waals surface area contributed by atoms with E-state index in [9.17, 15) is 9.59 Å². The van der Waals surface area contributed by atoms with Gasteiger partial charge in [-0.1, -0.05) is 13.3 Å². The highest BCUT2D eigenvalue weighted by Crippen LogP contribution is 2.17. The number of rotatable bonds is 4. The van der Waals surface area contributed by atoms with E-state index in [4.69, 9.17) is 5.73 Å². The Bertz CT molecular complexity index is 315. The Hall–Kier alpha value is -1.10. The van der Waals surface area contributed by atoms with E-state index in [1.54, 1.807) is 11.8 Å². The molecule has 104 valence electrons. The summed E-state index contributed by atoms with van der Waals surface area (Å²) in [5.74, 6) is -0.0437. The second-order valence-electron chi connectivity index (χ2n) is 5.46. The molecule has 1 aliphatic rings. The first kappa shape index (κ1) is 15.0. The highest BCUT2D eigenvalue weighted by molar-refractivity contribution is 5.85. The molecule has 5 heteroatoms. The van der Waals surface area contributed by atoms with Gasteiger partial charge in [-0.15, -0.1) is 0 Å². The summed E-state index contributed by atoms with van der Waals surface area (Å²) in [6.07, 6.45) is 3.42. The fourth-order valence-corrected chi connectivity index (χ4v) is 2.55. The van der Waals surface area contributed by atoms with Crippen molar-refractivity contribution < 1.29 is 9.59 Å². The lowest BCUT2D eigenvalue weighted by Gasteiger charge is -2.37. The van der Waals surface area contributed by atoms with E-state index in [1.807, 2.05) is 6.92 Å². The Kier molecular flexibility index (Phi) is 5.14. The zero-order valence-electron chi connectivity index (χ0n) is 11.7. The van der Waals surface area contributed by atoms with Gasteiger partial charge in [0.05, 0.1) is 5.54 Å². The summed E-state index contributed by atoms with van der Waals surface area (Å²) < 4.78 is 0. The molecule has 0 spiro atoms. The lowest BCUT2D eigenvalue weighted by molar-refractivity contribution is -0.138. The van der Waals surface area contributed by atoms with Crippen LogP contribution < -0.4 is 11.1 Å². The highest BCUT2D eigenvalue weighted by atomic mass is 16.2. The maximum absolute atomic E-state index is 12.3. The molecule has 0 aromatic rings. The van der Waals surface area contributed by atoms with Crippen LogP contribution in [0.3, 0.4) is 0 Å². The number of nitrogens with two attached hydrogens (primary N) is 1. The van der Waals surface area contributed by atoms with Crippen LogP contribution in [0.1, 0.15) is 46.5 Å². The van der Waals surface area contributed by atoms with Gasteiger partial charge in [-0.3, -0.25) is 9.59 Å². The molecule has 5 nitrogen and oxygen atoms in total. The molecule has 1 aliphatic heterocycles.